The number of likely N-dealkylation sites (tertiary alicyclic amines) is 1. The Hall–Kier alpha value is -0.580. The van der Waals surface area contributed by atoms with Crippen molar-refractivity contribution < 1.29 is 5.11 Å². The molecule has 88 valence electrons. The van der Waals surface area contributed by atoms with E-state index in [9.17, 15) is 5.11 Å². The highest BCUT2D eigenvalue weighted by Gasteiger charge is 2.17. The number of rotatable bonds is 2. The minimum atomic E-state index is 0.281. The normalized spacial score (nSPS) is 22.2. The summed E-state index contributed by atoms with van der Waals surface area (Å²) in [6.07, 6.45) is 2.26. The van der Waals surface area contributed by atoms with E-state index in [1.165, 1.54) is 0 Å². The highest BCUT2D eigenvalue weighted by Crippen LogP contribution is 2.24. The molecule has 0 unspecified atom stereocenters. The molecular weight excluding hydrogens is 268 g/mol. The fourth-order valence-electron chi connectivity index (χ4n) is 2.16. The minimum Gasteiger partial charge on any atom is -0.508 e. The summed E-state index contributed by atoms with van der Waals surface area (Å²) in [5, 5.41) is 9.75. The molecule has 1 atom stereocenters. The van der Waals surface area contributed by atoms with Crippen molar-refractivity contribution >= 4 is 15.9 Å². The Morgan fingerprint density at radius 2 is 2.31 bits per heavy atom. The second-order valence-electron chi connectivity index (χ2n) is 4.41. The van der Waals surface area contributed by atoms with Crippen molar-refractivity contribution in [3.63, 3.8) is 0 Å². The number of piperidine rings is 1. The molecule has 1 fully saturated rings. The maximum Gasteiger partial charge on any atom is 0.120 e. The molecule has 0 bridgehead atoms. The van der Waals surface area contributed by atoms with E-state index in [2.05, 4.69) is 20.8 Å². The number of nitrogens with zero attached hydrogens (tertiary/aromatic N) is 1. The second kappa shape index (κ2) is 5.17. The van der Waals surface area contributed by atoms with Gasteiger partial charge in [-0.1, -0.05) is 15.9 Å². The number of phenolic OH excluding ortho intramolecular Hbond substituents is 1. The molecule has 3 nitrogen and oxygen atoms in total. The highest BCUT2D eigenvalue weighted by molar-refractivity contribution is 9.10. The van der Waals surface area contributed by atoms with Gasteiger partial charge in [0.1, 0.15) is 5.75 Å². The van der Waals surface area contributed by atoms with Crippen LogP contribution in [0.3, 0.4) is 0 Å². The Morgan fingerprint density at radius 1 is 1.50 bits per heavy atom. The van der Waals surface area contributed by atoms with Gasteiger partial charge < -0.3 is 10.8 Å². The third-order valence-electron chi connectivity index (χ3n) is 2.98. The van der Waals surface area contributed by atoms with E-state index in [0.29, 0.717) is 5.75 Å². The molecule has 1 aromatic carbocycles. The fraction of sp³-hybridized carbons (Fsp3) is 0.500. The van der Waals surface area contributed by atoms with Crippen LogP contribution < -0.4 is 5.73 Å². The van der Waals surface area contributed by atoms with E-state index in [1.54, 1.807) is 6.07 Å². The Morgan fingerprint density at radius 3 is 3.06 bits per heavy atom. The molecule has 1 aliphatic rings. The van der Waals surface area contributed by atoms with Gasteiger partial charge >= 0.3 is 0 Å². The van der Waals surface area contributed by atoms with Crippen LogP contribution in [0.5, 0.6) is 5.75 Å². The Bertz CT molecular complexity index is 370. The van der Waals surface area contributed by atoms with Crippen LogP contribution in [0, 0.1) is 0 Å². The van der Waals surface area contributed by atoms with Crippen molar-refractivity contribution in [2.75, 3.05) is 13.1 Å². The first-order chi connectivity index (χ1) is 7.65. The number of benzene rings is 1. The summed E-state index contributed by atoms with van der Waals surface area (Å²) in [5.41, 5.74) is 6.89. The van der Waals surface area contributed by atoms with Crippen LogP contribution in [-0.2, 0) is 6.54 Å². The summed E-state index contributed by atoms with van der Waals surface area (Å²) in [7, 11) is 0. The number of nitrogens with two attached hydrogens (primary N) is 1. The van der Waals surface area contributed by atoms with Gasteiger partial charge in [-0.05, 0) is 37.6 Å². The van der Waals surface area contributed by atoms with Crippen molar-refractivity contribution in [2.45, 2.75) is 25.4 Å². The molecule has 1 aliphatic heterocycles. The smallest absolute Gasteiger partial charge is 0.120 e. The van der Waals surface area contributed by atoms with Crippen LogP contribution in [-0.4, -0.2) is 29.1 Å². The van der Waals surface area contributed by atoms with Gasteiger partial charge in [-0.3, -0.25) is 4.90 Å². The number of hydrogen-bond donors (Lipinski definition) is 2. The highest BCUT2D eigenvalue weighted by atomic mass is 79.9. The summed E-state index contributed by atoms with van der Waals surface area (Å²) < 4.78 is 1.00. The lowest BCUT2D eigenvalue weighted by molar-refractivity contribution is 0.199. The third-order valence-corrected chi connectivity index (χ3v) is 3.47. The van der Waals surface area contributed by atoms with E-state index in [-0.39, 0.29) is 6.04 Å². The SMILES string of the molecule is N[C@@H]1CCCN(Cc2cc(Br)ccc2O)C1. The van der Waals surface area contributed by atoms with Gasteiger partial charge in [-0.2, -0.15) is 0 Å². The lowest BCUT2D eigenvalue weighted by Crippen LogP contribution is -2.42. The van der Waals surface area contributed by atoms with Crippen LogP contribution in [0.1, 0.15) is 18.4 Å². The van der Waals surface area contributed by atoms with Crippen molar-refractivity contribution in [3.8, 4) is 5.75 Å². The number of hydrogen-bond acceptors (Lipinski definition) is 3. The molecule has 0 radical (unpaired) electrons. The van der Waals surface area contributed by atoms with Crippen molar-refractivity contribution in [1.29, 1.82) is 0 Å². The van der Waals surface area contributed by atoms with Gasteiger partial charge in [0.2, 0.25) is 0 Å². The van der Waals surface area contributed by atoms with Crippen LogP contribution in [0.4, 0.5) is 0 Å². The van der Waals surface area contributed by atoms with Crippen LogP contribution in [0.15, 0.2) is 22.7 Å². The standard InChI is InChI=1S/C12H17BrN2O/c13-10-3-4-12(16)9(6-10)7-15-5-1-2-11(14)8-15/h3-4,6,11,16H,1-2,5,7-8,14H2/t11-/m1/s1. The van der Waals surface area contributed by atoms with E-state index in [1.807, 2.05) is 12.1 Å². The maximum atomic E-state index is 9.75. The number of phenols is 1. The summed E-state index contributed by atoms with van der Waals surface area (Å²) in [5.74, 6) is 0.363. The topological polar surface area (TPSA) is 49.5 Å². The first-order valence-corrected chi connectivity index (χ1v) is 6.40. The van der Waals surface area contributed by atoms with Crippen molar-refractivity contribution in [2.24, 2.45) is 5.73 Å². The lowest BCUT2D eigenvalue weighted by Gasteiger charge is -2.30. The summed E-state index contributed by atoms with van der Waals surface area (Å²) >= 11 is 3.42. The Balaban J connectivity index is 2.05. The minimum absolute atomic E-state index is 0.281. The zero-order chi connectivity index (χ0) is 11.5. The molecule has 0 saturated carbocycles. The van der Waals surface area contributed by atoms with Gasteiger partial charge in [0.15, 0.2) is 0 Å². The van der Waals surface area contributed by atoms with Crippen LogP contribution in [0.25, 0.3) is 0 Å². The summed E-state index contributed by atoms with van der Waals surface area (Å²) in [6, 6.07) is 5.82. The monoisotopic (exact) mass is 284 g/mol. The molecule has 0 aliphatic carbocycles. The third kappa shape index (κ3) is 2.97. The number of halogens is 1. The van der Waals surface area contributed by atoms with Gasteiger partial charge in [-0.25, -0.2) is 0 Å². The molecular formula is C12H17BrN2O. The number of aromatic hydroxyl groups is 1. The van der Waals surface area contributed by atoms with Crippen LogP contribution >= 0.6 is 15.9 Å². The summed E-state index contributed by atoms with van der Waals surface area (Å²) in [4.78, 5) is 2.30. The van der Waals surface area contributed by atoms with E-state index in [4.69, 9.17) is 5.73 Å². The van der Waals surface area contributed by atoms with E-state index >= 15 is 0 Å². The maximum absolute atomic E-state index is 9.75. The molecule has 1 heterocycles. The quantitative estimate of drug-likeness (QED) is 0.874. The molecule has 4 heteroatoms. The van der Waals surface area contributed by atoms with Gasteiger partial charge in [0, 0.05) is 29.2 Å². The molecule has 3 N–H and O–H groups in total. The first-order valence-electron chi connectivity index (χ1n) is 5.60. The average molecular weight is 285 g/mol. The molecule has 16 heavy (non-hydrogen) atoms. The van der Waals surface area contributed by atoms with E-state index in [0.717, 1.165) is 42.5 Å². The van der Waals surface area contributed by atoms with Gasteiger partial charge in [-0.15, -0.1) is 0 Å². The predicted molar refractivity (Wildman–Crippen MR) is 68.3 cm³/mol. The zero-order valence-electron chi connectivity index (χ0n) is 9.19. The predicted octanol–water partition coefficient (Wildman–Crippen LogP) is 2.08. The van der Waals surface area contributed by atoms with Gasteiger partial charge in [0.25, 0.3) is 0 Å². The van der Waals surface area contributed by atoms with E-state index < -0.39 is 0 Å². The fourth-order valence-corrected chi connectivity index (χ4v) is 2.57. The lowest BCUT2D eigenvalue weighted by atomic mass is 10.1. The average Bonchev–Trinajstić information content (AvgIpc) is 2.24. The largest absolute Gasteiger partial charge is 0.508 e. The van der Waals surface area contributed by atoms with Crippen molar-refractivity contribution in [1.82, 2.24) is 4.90 Å². The molecule has 0 spiro atoms. The zero-order valence-corrected chi connectivity index (χ0v) is 10.8. The molecule has 2 rings (SSSR count). The first kappa shape index (κ1) is 11.9. The molecule has 0 amide bonds. The molecule has 1 aromatic rings. The Labute approximate surface area is 104 Å². The summed E-state index contributed by atoms with van der Waals surface area (Å²) in [6.45, 7) is 2.77. The Kier molecular flexibility index (Phi) is 3.84. The van der Waals surface area contributed by atoms with Crippen molar-refractivity contribution in [3.05, 3.63) is 28.2 Å². The second-order valence-corrected chi connectivity index (χ2v) is 5.33. The van der Waals surface area contributed by atoms with Crippen LogP contribution in [0.2, 0.25) is 0 Å². The van der Waals surface area contributed by atoms with Gasteiger partial charge in [0.05, 0.1) is 0 Å². The molecule has 1 saturated heterocycles. The molecule has 0 aromatic heterocycles.